The van der Waals surface area contributed by atoms with Crippen molar-refractivity contribution in [1.82, 2.24) is 0 Å². The highest BCUT2D eigenvalue weighted by Gasteiger charge is 2.19. The maximum absolute atomic E-state index is 12.9. The highest BCUT2D eigenvalue weighted by atomic mass is 16.6. The first kappa shape index (κ1) is 67.1. The summed E-state index contributed by atoms with van der Waals surface area (Å²) in [5.74, 6) is -0.943. The monoisotopic (exact) mass is 985 g/mol. The molecule has 404 valence electrons. The fourth-order valence-electron chi connectivity index (χ4n) is 7.97. The van der Waals surface area contributed by atoms with Crippen LogP contribution in [-0.4, -0.2) is 37.2 Å². The number of hydrogen-bond acceptors (Lipinski definition) is 6. The molecular weight excluding hydrogens is 877 g/mol. The van der Waals surface area contributed by atoms with Crippen LogP contribution in [0.5, 0.6) is 0 Å². The summed E-state index contributed by atoms with van der Waals surface area (Å²) in [6.07, 6.45) is 79.3. The molecule has 0 aliphatic rings. The average Bonchev–Trinajstić information content (AvgIpc) is 3.37. The van der Waals surface area contributed by atoms with Crippen molar-refractivity contribution >= 4 is 17.9 Å². The molecule has 0 heterocycles. The van der Waals surface area contributed by atoms with E-state index in [9.17, 15) is 14.4 Å². The van der Waals surface area contributed by atoms with E-state index in [0.29, 0.717) is 19.3 Å². The summed E-state index contributed by atoms with van der Waals surface area (Å²) in [7, 11) is 0. The SMILES string of the molecule is CC\C=C/C=C\C=C/C=C\C=C/CCCCCC(=O)OCC(COC(=O)CCCCCCCCCCCC/C=C\C=C/CCCCC)OC(=O)CCCCCCCCCCCC/C=C\C=C/CCCCC. The van der Waals surface area contributed by atoms with E-state index in [1.165, 1.54) is 154 Å². The van der Waals surface area contributed by atoms with E-state index >= 15 is 0 Å². The van der Waals surface area contributed by atoms with Crippen LogP contribution in [0.1, 0.15) is 265 Å². The van der Waals surface area contributed by atoms with Gasteiger partial charge >= 0.3 is 17.9 Å². The summed E-state index contributed by atoms with van der Waals surface area (Å²) in [5, 5.41) is 0. The number of esters is 3. The van der Waals surface area contributed by atoms with Crippen LogP contribution >= 0.6 is 0 Å². The lowest BCUT2D eigenvalue weighted by Crippen LogP contribution is -2.30. The highest BCUT2D eigenvalue weighted by Crippen LogP contribution is 2.15. The van der Waals surface area contributed by atoms with Crippen LogP contribution in [0, 0.1) is 0 Å². The van der Waals surface area contributed by atoms with Crippen molar-refractivity contribution < 1.29 is 28.6 Å². The molecule has 6 heteroatoms. The maximum atomic E-state index is 12.9. The van der Waals surface area contributed by atoms with Gasteiger partial charge in [-0.2, -0.15) is 0 Å². The summed E-state index contributed by atoms with van der Waals surface area (Å²) in [6, 6.07) is 0. The summed E-state index contributed by atoms with van der Waals surface area (Å²) in [6.45, 7) is 6.41. The molecule has 0 rings (SSSR count). The van der Waals surface area contributed by atoms with Gasteiger partial charge in [-0.1, -0.05) is 265 Å². The second kappa shape index (κ2) is 58.6. The molecule has 0 aromatic carbocycles. The normalized spacial score (nSPS) is 12.9. The van der Waals surface area contributed by atoms with Gasteiger partial charge in [-0.05, 0) is 89.9 Å². The zero-order valence-electron chi connectivity index (χ0n) is 46.2. The molecule has 1 unspecified atom stereocenters. The number of unbranched alkanes of at least 4 members (excludes halogenated alkanes) is 29. The molecule has 0 spiro atoms. The molecule has 0 bridgehead atoms. The van der Waals surface area contributed by atoms with Crippen molar-refractivity contribution in [2.75, 3.05) is 13.2 Å². The topological polar surface area (TPSA) is 78.9 Å². The first-order chi connectivity index (χ1) is 35.0. The van der Waals surface area contributed by atoms with Gasteiger partial charge in [0.25, 0.3) is 0 Å². The van der Waals surface area contributed by atoms with E-state index in [-0.39, 0.29) is 31.1 Å². The van der Waals surface area contributed by atoms with Crippen molar-refractivity contribution in [2.45, 2.75) is 271 Å². The van der Waals surface area contributed by atoms with Gasteiger partial charge in [0.15, 0.2) is 6.10 Å². The van der Waals surface area contributed by atoms with Crippen LogP contribution in [-0.2, 0) is 28.6 Å². The zero-order valence-corrected chi connectivity index (χ0v) is 46.2. The molecule has 0 amide bonds. The molecule has 0 aliphatic carbocycles. The van der Waals surface area contributed by atoms with Crippen molar-refractivity contribution in [3.8, 4) is 0 Å². The van der Waals surface area contributed by atoms with Crippen LogP contribution in [0.25, 0.3) is 0 Å². The van der Waals surface area contributed by atoms with Gasteiger partial charge in [-0.25, -0.2) is 0 Å². The molecule has 0 aliphatic heterocycles. The predicted octanol–water partition coefficient (Wildman–Crippen LogP) is 19.9. The smallest absolute Gasteiger partial charge is 0.306 e. The van der Waals surface area contributed by atoms with Gasteiger partial charge in [0.2, 0.25) is 0 Å². The third kappa shape index (κ3) is 56.9. The second-order valence-electron chi connectivity index (χ2n) is 19.3. The lowest BCUT2D eigenvalue weighted by molar-refractivity contribution is -0.167. The van der Waals surface area contributed by atoms with Crippen molar-refractivity contribution in [1.29, 1.82) is 0 Å². The van der Waals surface area contributed by atoms with Crippen molar-refractivity contribution in [2.24, 2.45) is 0 Å². The van der Waals surface area contributed by atoms with Crippen LogP contribution in [0.2, 0.25) is 0 Å². The number of allylic oxidation sites excluding steroid dienone is 18. The van der Waals surface area contributed by atoms with Crippen LogP contribution < -0.4 is 0 Å². The Morgan fingerprint density at radius 3 is 0.887 bits per heavy atom. The van der Waals surface area contributed by atoms with Gasteiger partial charge in [-0.3, -0.25) is 14.4 Å². The maximum Gasteiger partial charge on any atom is 0.306 e. The van der Waals surface area contributed by atoms with Crippen molar-refractivity contribution in [3.05, 3.63) is 109 Å². The molecule has 0 N–H and O–H groups in total. The fourth-order valence-corrected chi connectivity index (χ4v) is 7.97. The molecular formula is C65H108O6. The van der Waals surface area contributed by atoms with E-state index in [2.05, 4.69) is 81.5 Å². The fraction of sp³-hybridized carbons (Fsp3) is 0.677. The molecule has 71 heavy (non-hydrogen) atoms. The Labute approximate surface area is 438 Å². The summed E-state index contributed by atoms with van der Waals surface area (Å²) < 4.78 is 16.9. The highest BCUT2D eigenvalue weighted by molar-refractivity contribution is 5.71. The van der Waals surface area contributed by atoms with E-state index < -0.39 is 6.10 Å². The number of carbonyl (C=O) groups is 3. The lowest BCUT2D eigenvalue weighted by Gasteiger charge is -2.18. The zero-order chi connectivity index (χ0) is 51.4. The predicted molar refractivity (Wildman–Crippen MR) is 307 cm³/mol. The Bertz CT molecular complexity index is 1460. The van der Waals surface area contributed by atoms with Crippen LogP contribution in [0.3, 0.4) is 0 Å². The number of carbonyl (C=O) groups excluding carboxylic acids is 3. The Kier molecular flexibility index (Phi) is 55.4. The molecule has 6 nitrogen and oxygen atoms in total. The third-order valence-electron chi connectivity index (χ3n) is 12.4. The van der Waals surface area contributed by atoms with Gasteiger partial charge in [0.1, 0.15) is 13.2 Å². The van der Waals surface area contributed by atoms with Crippen LogP contribution in [0.4, 0.5) is 0 Å². The number of hydrogen-bond donors (Lipinski definition) is 0. The average molecular weight is 986 g/mol. The van der Waals surface area contributed by atoms with Gasteiger partial charge < -0.3 is 14.2 Å². The number of ether oxygens (including phenoxy) is 3. The van der Waals surface area contributed by atoms with Gasteiger partial charge in [-0.15, -0.1) is 0 Å². The summed E-state index contributed by atoms with van der Waals surface area (Å²) in [5.41, 5.74) is 0. The molecule has 1 atom stereocenters. The quantitative estimate of drug-likeness (QED) is 0.0261. The largest absolute Gasteiger partial charge is 0.462 e. The van der Waals surface area contributed by atoms with E-state index in [1.54, 1.807) is 0 Å². The molecule has 0 radical (unpaired) electrons. The van der Waals surface area contributed by atoms with Crippen LogP contribution in [0.15, 0.2) is 109 Å². The standard InChI is InChI=1S/C65H108O6/c1-4-7-10-13-16-19-22-25-28-30-32-34-37-40-43-46-49-52-55-58-64(67)70-61-62(60-69-63(66)57-54-51-48-45-42-39-36-27-24-21-18-15-12-9-6-3)71-65(68)59-56-53-50-47-44-41-38-35-33-31-29-26-23-20-17-14-11-8-5-2/h9,12,15-27,36,39,42,62H,4-8,10-11,13-14,28-35,37-38,40-41,43-61H2,1-3H3/b12-9-,18-15-,19-16-,20-17-,24-21-,25-22-,26-23-,36-27-,42-39-. The Morgan fingerprint density at radius 1 is 0.296 bits per heavy atom. The first-order valence-corrected chi connectivity index (χ1v) is 29.5. The van der Waals surface area contributed by atoms with Gasteiger partial charge in [0, 0.05) is 19.3 Å². The molecule has 0 saturated heterocycles. The molecule has 0 aromatic heterocycles. The Balaban J connectivity index is 4.45. The molecule has 0 aromatic rings. The minimum atomic E-state index is -0.802. The summed E-state index contributed by atoms with van der Waals surface area (Å²) >= 11 is 0. The van der Waals surface area contributed by atoms with Crippen molar-refractivity contribution in [3.63, 3.8) is 0 Å². The van der Waals surface area contributed by atoms with E-state index in [0.717, 1.165) is 70.6 Å². The minimum absolute atomic E-state index is 0.0961. The number of rotatable bonds is 52. The van der Waals surface area contributed by atoms with Gasteiger partial charge in [0.05, 0.1) is 0 Å². The van der Waals surface area contributed by atoms with E-state index in [4.69, 9.17) is 14.2 Å². The Hall–Kier alpha value is -3.93. The summed E-state index contributed by atoms with van der Waals surface area (Å²) in [4.78, 5) is 38.2. The Morgan fingerprint density at radius 2 is 0.549 bits per heavy atom. The molecule has 0 fully saturated rings. The van der Waals surface area contributed by atoms with E-state index in [1.807, 2.05) is 48.6 Å². The molecule has 0 saturated carbocycles. The minimum Gasteiger partial charge on any atom is -0.462 e. The third-order valence-corrected chi connectivity index (χ3v) is 12.4. The lowest BCUT2D eigenvalue weighted by atomic mass is 10.1. The first-order valence-electron chi connectivity index (χ1n) is 29.5. The second-order valence-corrected chi connectivity index (χ2v) is 19.3.